The molecule has 0 aliphatic carbocycles. The van der Waals surface area contributed by atoms with Crippen LogP contribution in [0.3, 0.4) is 0 Å². The molecular weight excluding hydrogens is 256 g/mol. The fourth-order valence-electron chi connectivity index (χ4n) is 0.860. The van der Waals surface area contributed by atoms with Gasteiger partial charge in [-0.2, -0.15) is 25.3 Å². The molecule has 0 aromatic rings. The van der Waals surface area contributed by atoms with Gasteiger partial charge in [0.15, 0.2) is 0 Å². The van der Waals surface area contributed by atoms with Crippen LogP contribution in [-0.2, 0) is 14.4 Å². The highest BCUT2D eigenvalue weighted by molar-refractivity contribution is 7.87. The molecule has 0 aliphatic rings. The van der Waals surface area contributed by atoms with E-state index in [1.165, 1.54) is 0 Å². The minimum atomic E-state index is -1.96. The van der Waals surface area contributed by atoms with Crippen LogP contribution in [-0.4, -0.2) is 43.2 Å². The molecule has 0 fully saturated rings. The maximum absolute atomic E-state index is 10.9. The first kappa shape index (κ1) is 14.8. The second-order valence-electron chi connectivity index (χ2n) is 2.91. The summed E-state index contributed by atoms with van der Waals surface area (Å²) in [6.07, 6.45) is 1.38. The van der Waals surface area contributed by atoms with Gasteiger partial charge in [-0.1, -0.05) is 6.08 Å². The first-order chi connectivity index (χ1) is 7.21. The molecule has 90 valence electrons. The fraction of sp³-hybridized carbons (Fsp3) is 0.375. The standard InChI is InChI=1S/C8H10O6S2/c9-4(10)2-1-3-8(16,7(13)14)5(15)6(11)12/h1-2,5,15-16H,3H2,(H,9,10)(H,11,12)(H,13,14). The van der Waals surface area contributed by atoms with Crippen LogP contribution in [0.15, 0.2) is 12.2 Å². The number of hydrogen-bond acceptors (Lipinski definition) is 5. The van der Waals surface area contributed by atoms with Gasteiger partial charge < -0.3 is 15.3 Å². The topological polar surface area (TPSA) is 112 Å². The first-order valence-corrected chi connectivity index (χ1v) is 4.94. The Labute approximate surface area is 102 Å². The molecule has 0 aromatic heterocycles. The molecule has 0 heterocycles. The summed E-state index contributed by atoms with van der Waals surface area (Å²) in [7, 11) is 0. The highest BCUT2D eigenvalue weighted by atomic mass is 32.1. The third-order valence-electron chi connectivity index (χ3n) is 1.75. The van der Waals surface area contributed by atoms with Crippen molar-refractivity contribution >= 4 is 43.2 Å². The Hall–Kier alpha value is -1.15. The fourth-order valence-corrected chi connectivity index (χ4v) is 1.29. The molecule has 3 N–H and O–H groups in total. The van der Waals surface area contributed by atoms with Gasteiger partial charge in [0.25, 0.3) is 0 Å². The summed E-state index contributed by atoms with van der Waals surface area (Å²) in [5.41, 5.74) is 0. The van der Waals surface area contributed by atoms with E-state index in [-0.39, 0.29) is 6.42 Å². The Balaban J connectivity index is 4.91. The van der Waals surface area contributed by atoms with Gasteiger partial charge >= 0.3 is 17.9 Å². The van der Waals surface area contributed by atoms with Crippen molar-refractivity contribution in [1.82, 2.24) is 0 Å². The van der Waals surface area contributed by atoms with Crippen molar-refractivity contribution in [2.45, 2.75) is 16.4 Å². The van der Waals surface area contributed by atoms with Crippen LogP contribution in [0.25, 0.3) is 0 Å². The zero-order valence-electron chi connectivity index (χ0n) is 7.90. The van der Waals surface area contributed by atoms with Gasteiger partial charge in [0.05, 0.1) is 0 Å². The lowest BCUT2D eigenvalue weighted by Crippen LogP contribution is -2.45. The maximum Gasteiger partial charge on any atom is 0.327 e. The van der Waals surface area contributed by atoms with Crippen LogP contribution in [0.1, 0.15) is 6.42 Å². The third kappa shape index (κ3) is 3.78. The van der Waals surface area contributed by atoms with E-state index in [1.807, 2.05) is 0 Å². The lowest BCUT2D eigenvalue weighted by atomic mass is 9.99. The summed E-state index contributed by atoms with van der Waals surface area (Å²) in [6, 6.07) is 0. The van der Waals surface area contributed by atoms with Gasteiger partial charge in [0.2, 0.25) is 0 Å². The van der Waals surface area contributed by atoms with Crippen molar-refractivity contribution in [1.29, 1.82) is 0 Å². The second kappa shape index (κ2) is 5.80. The van der Waals surface area contributed by atoms with Gasteiger partial charge in [-0.15, -0.1) is 0 Å². The molecule has 0 rings (SSSR count). The summed E-state index contributed by atoms with van der Waals surface area (Å²) in [5, 5.41) is 24.2. The lowest BCUT2D eigenvalue weighted by Gasteiger charge is -2.25. The van der Waals surface area contributed by atoms with Crippen LogP contribution in [0.4, 0.5) is 0 Å². The summed E-state index contributed by atoms with van der Waals surface area (Å²) in [4.78, 5) is 31.7. The van der Waals surface area contributed by atoms with E-state index < -0.39 is 27.9 Å². The summed E-state index contributed by atoms with van der Waals surface area (Å²) < 4.78 is -1.96. The minimum Gasteiger partial charge on any atom is -0.480 e. The molecule has 16 heavy (non-hydrogen) atoms. The van der Waals surface area contributed by atoms with Gasteiger partial charge in [-0.3, -0.25) is 9.59 Å². The largest absolute Gasteiger partial charge is 0.480 e. The highest BCUT2D eigenvalue weighted by Crippen LogP contribution is 2.29. The number of carboxylic acids is 3. The predicted molar refractivity (Wildman–Crippen MR) is 61.2 cm³/mol. The van der Waals surface area contributed by atoms with Gasteiger partial charge in [-0.25, -0.2) is 4.79 Å². The zero-order chi connectivity index (χ0) is 12.9. The molecule has 0 bridgehead atoms. The third-order valence-corrected chi connectivity index (χ3v) is 3.24. The average molecular weight is 266 g/mol. The smallest absolute Gasteiger partial charge is 0.327 e. The Kier molecular flexibility index (Phi) is 5.39. The molecule has 0 spiro atoms. The van der Waals surface area contributed by atoms with Gasteiger partial charge in [0, 0.05) is 6.08 Å². The number of allylic oxidation sites excluding steroid dienone is 1. The number of rotatable bonds is 6. The second-order valence-corrected chi connectivity index (χ2v) is 4.23. The summed E-state index contributed by atoms with van der Waals surface area (Å²) in [5.74, 6) is -4.18. The minimum absolute atomic E-state index is 0.363. The normalized spacial score (nSPS) is 16.6. The van der Waals surface area contributed by atoms with Gasteiger partial charge in [0.1, 0.15) is 10.00 Å². The van der Waals surface area contributed by atoms with Crippen molar-refractivity contribution in [3.8, 4) is 0 Å². The van der Waals surface area contributed by atoms with Crippen LogP contribution in [0, 0.1) is 0 Å². The molecule has 0 aliphatic heterocycles. The predicted octanol–water partition coefficient (Wildman–Crippen LogP) is 0.153. The number of thiol groups is 2. The van der Waals surface area contributed by atoms with Crippen LogP contribution >= 0.6 is 25.3 Å². The average Bonchev–Trinajstić information content (AvgIpc) is 2.15. The summed E-state index contributed by atoms with van der Waals surface area (Å²) >= 11 is 7.38. The quantitative estimate of drug-likeness (QED) is 0.346. The van der Waals surface area contributed by atoms with E-state index in [2.05, 4.69) is 25.3 Å². The highest BCUT2D eigenvalue weighted by Gasteiger charge is 2.44. The molecule has 6 nitrogen and oxygen atoms in total. The Morgan fingerprint density at radius 3 is 2.06 bits per heavy atom. The maximum atomic E-state index is 10.9. The van der Waals surface area contributed by atoms with E-state index in [4.69, 9.17) is 15.3 Å². The van der Waals surface area contributed by atoms with E-state index >= 15 is 0 Å². The number of carboxylic acid groups (broad SMARTS) is 3. The molecule has 0 amide bonds. The first-order valence-electron chi connectivity index (χ1n) is 3.98. The molecule has 2 atom stereocenters. The Morgan fingerprint density at radius 2 is 1.75 bits per heavy atom. The molecule has 8 heteroatoms. The van der Waals surface area contributed by atoms with Crippen LogP contribution in [0.2, 0.25) is 0 Å². The lowest BCUT2D eigenvalue weighted by molar-refractivity contribution is -0.145. The molecule has 0 aromatic carbocycles. The molecular formula is C8H10O6S2. The van der Waals surface area contributed by atoms with Crippen molar-refractivity contribution in [3.05, 3.63) is 12.2 Å². The SMILES string of the molecule is O=C(O)C=CCC(S)(C(=O)O)C(S)C(=O)O. The number of hydrogen-bond donors (Lipinski definition) is 5. The van der Waals surface area contributed by atoms with E-state index in [1.54, 1.807) is 0 Å². The van der Waals surface area contributed by atoms with E-state index in [9.17, 15) is 14.4 Å². The van der Waals surface area contributed by atoms with Crippen molar-refractivity contribution in [2.24, 2.45) is 0 Å². The van der Waals surface area contributed by atoms with E-state index in [0.717, 1.165) is 12.2 Å². The van der Waals surface area contributed by atoms with Crippen molar-refractivity contribution in [2.75, 3.05) is 0 Å². The van der Waals surface area contributed by atoms with Crippen LogP contribution < -0.4 is 0 Å². The summed E-state index contributed by atoms with van der Waals surface area (Å²) in [6.45, 7) is 0. The molecule has 0 saturated heterocycles. The molecule has 0 radical (unpaired) electrons. The van der Waals surface area contributed by atoms with Crippen molar-refractivity contribution in [3.63, 3.8) is 0 Å². The molecule has 2 unspecified atom stereocenters. The monoisotopic (exact) mass is 266 g/mol. The Bertz CT molecular complexity index is 339. The Morgan fingerprint density at radius 1 is 1.25 bits per heavy atom. The molecule has 0 saturated carbocycles. The van der Waals surface area contributed by atoms with Crippen LogP contribution in [0.5, 0.6) is 0 Å². The van der Waals surface area contributed by atoms with Gasteiger partial charge in [-0.05, 0) is 6.42 Å². The zero-order valence-corrected chi connectivity index (χ0v) is 9.69. The number of carbonyl (C=O) groups is 3. The number of aliphatic carboxylic acids is 3. The van der Waals surface area contributed by atoms with Crippen molar-refractivity contribution < 1.29 is 29.7 Å². The van der Waals surface area contributed by atoms with E-state index in [0.29, 0.717) is 0 Å².